The first-order valence-corrected chi connectivity index (χ1v) is 14.9. The Bertz CT molecular complexity index is 1400. The number of alkyl halides is 2. The maximum Gasteiger partial charge on any atom is 0.408 e. The van der Waals surface area contributed by atoms with Crippen LogP contribution in [0, 0.1) is 17.3 Å². The van der Waals surface area contributed by atoms with Crippen molar-refractivity contribution in [3.05, 3.63) is 23.9 Å². The molecule has 2 aromatic rings. The lowest BCUT2D eigenvalue weighted by atomic mass is 9.85. The normalized spacial score (nSPS) is 32.0. The van der Waals surface area contributed by atoms with Crippen LogP contribution >= 0.6 is 0 Å². The Morgan fingerprint density at radius 2 is 1.84 bits per heavy atom. The molecule has 1 aliphatic carbocycles. The summed E-state index contributed by atoms with van der Waals surface area (Å²) in [6.45, 7) is 8.56. The monoisotopic (exact) mass is 602 g/mol. The molecule has 1 saturated heterocycles. The third kappa shape index (κ3) is 6.38. The number of nitrogens with one attached hydrogen (secondary N) is 1. The molecule has 1 saturated carbocycles. The highest BCUT2D eigenvalue weighted by atomic mass is 19.2. The number of carbonyl (C=O) groups excluding carboxylic acids is 3. The largest absolute Gasteiger partial charge is 0.497 e. The maximum atomic E-state index is 15.8. The van der Waals surface area contributed by atoms with Crippen LogP contribution in [-0.2, 0) is 14.3 Å². The van der Waals surface area contributed by atoms with Crippen LogP contribution in [0.15, 0.2) is 18.2 Å². The Morgan fingerprint density at radius 3 is 2.51 bits per heavy atom. The molecule has 10 nitrogen and oxygen atoms in total. The molecule has 1 N–H and O–H groups in total. The van der Waals surface area contributed by atoms with E-state index in [4.69, 9.17) is 14.2 Å². The number of amides is 2. The number of hydrogen-bond acceptors (Lipinski definition) is 8. The van der Waals surface area contributed by atoms with Crippen LogP contribution in [0.5, 0.6) is 11.6 Å². The standard InChI is InChI=1S/C31H40F2N4O6/c1-15-23-14-37(26(15)16(2)38)29(39)27(31(3,4)5)36-30(40)43-22-12-17(22)8-7-9-19(32)24(33)25-28(42-23)35-21-13-18(41-6)10-11-20(21)34-25/h10-11,13,15,17,19,22-24,26-27H,7-9,12,14H2,1-6H3,(H,36,40)/t15?,17-,19?,22-,23+,24?,26+,27-/m1/s1. The van der Waals surface area contributed by atoms with Crippen LogP contribution in [0.1, 0.15) is 72.2 Å². The van der Waals surface area contributed by atoms with E-state index in [1.165, 1.54) is 18.9 Å². The molecule has 12 heteroatoms. The fourth-order valence-corrected chi connectivity index (χ4v) is 6.15. The van der Waals surface area contributed by atoms with Crippen molar-refractivity contribution >= 4 is 28.8 Å². The summed E-state index contributed by atoms with van der Waals surface area (Å²) in [7, 11) is 1.50. The molecule has 2 aliphatic heterocycles. The second kappa shape index (κ2) is 11.8. The second-order valence-electron chi connectivity index (χ2n) is 13.1. The van der Waals surface area contributed by atoms with Crippen molar-refractivity contribution < 1.29 is 37.4 Å². The van der Waals surface area contributed by atoms with Gasteiger partial charge in [-0.25, -0.2) is 23.5 Å². The zero-order valence-electron chi connectivity index (χ0n) is 25.4. The molecule has 234 valence electrons. The second-order valence-corrected chi connectivity index (χ2v) is 13.1. The lowest BCUT2D eigenvalue weighted by Gasteiger charge is -2.35. The fourth-order valence-electron chi connectivity index (χ4n) is 6.15. The molecule has 3 heterocycles. The molecule has 1 aromatic heterocycles. The molecule has 1 aromatic carbocycles. The zero-order valence-corrected chi connectivity index (χ0v) is 25.4. The molecule has 3 aliphatic rings. The van der Waals surface area contributed by atoms with Crippen molar-refractivity contribution in [1.29, 1.82) is 0 Å². The average molecular weight is 603 g/mol. The van der Waals surface area contributed by atoms with Gasteiger partial charge in [0.15, 0.2) is 12.0 Å². The van der Waals surface area contributed by atoms with E-state index >= 15 is 8.78 Å². The predicted molar refractivity (Wildman–Crippen MR) is 153 cm³/mol. The van der Waals surface area contributed by atoms with Crippen LogP contribution in [0.3, 0.4) is 0 Å². The number of benzene rings is 1. The molecule has 5 rings (SSSR count). The summed E-state index contributed by atoms with van der Waals surface area (Å²) in [5.74, 6) is -0.911. The summed E-state index contributed by atoms with van der Waals surface area (Å²) >= 11 is 0. The Morgan fingerprint density at radius 1 is 1.09 bits per heavy atom. The molecule has 43 heavy (non-hydrogen) atoms. The molecular weight excluding hydrogens is 562 g/mol. The summed E-state index contributed by atoms with van der Waals surface area (Å²) in [6, 6.07) is 3.03. The van der Waals surface area contributed by atoms with Gasteiger partial charge in [0, 0.05) is 12.0 Å². The average Bonchev–Trinajstić information content (AvgIpc) is 3.59. The Labute approximate surface area is 249 Å². The SMILES string of the molecule is COc1ccc2nc3c(nc2c1)O[C@H]1CN(C(=O)[C@H](C(C)(C)C)NC(=O)O[C@@H]2C[C@H]2CCCC(F)C3F)[C@H](C(C)=O)C1C. The molecule has 2 bridgehead atoms. The minimum absolute atomic E-state index is 0.0362. The third-order valence-electron chi connectivity index (χ3n) is 8.75. The molecule has 2 fully saturated rings. The number of ether oxygens (including phenoxy) is 3. The van der Waals surface area contributed by atoms with Crippen LogP contribution in [0.2, 0.25) is 0 Å². The minimum Gasteiger partial charge on any atom is -0.497 e. The van der Waals surface area contributed by atoms with Crippen molar-refractivity contribution in [1.82, 2.24) is 20.2 Å². The first-order valence-electron chi connectivity index (χ1n) is 14.9. The highest BCUT2D eigenvalue weighted by Gasteiger charge is 2.50. The van der Waals surface area contributed by atoms with Gasteiger partial charge in [-0.1, -0.05) is 34.1 Å². The molecular formula is C31H40F2N4O6. The van der Waals surface area contributed by atoms with Crippen LogP contribution in [-0.4, -0.2) is 76.8 Å². The van der Waals surface area contributed by atoms with E-state index < -0.39 is 53.9 Å². The Balaban J connectivity index is 1.56. The minimum atomic E-state index is -2.12. The topological polar surface area (TPSA) is 120 Å². The molecule has 3 unspecified atom stereocenters. The first kappa shape index (κ1) is 30.9. The van der Waals surface area contributed by atoms with Crippen molar-refractivity contribution in [2.75, 3.05) is 13.7 Å². The number of ketones is 1. The van der Waals surface area contributed by atoms with Crippen molar-refractivity contribution in [2.45, 2.75) is 96.9 Å². The van der Waals surface area contributed by atoms with Crippen molar-refractivity contribution in [2.24, 2.45) is 17.3 Å². The number of carbonyl (C=O) groups is 3. The van der Waals surface area contributed by atoms with Gasteiger partial charge in [-0.2, -0.15) is 0 Å². The predicted octanol–water partition coefficient (Wildman–Crippen LogP) is 4.88. The highest BCUT2D eigenvalue weighted by Crippen LogP contribution is 2.41. The molecule has 0 radical (unpaired) electrons. The summed E-state index contributed by atoms with van der Waals surface area (Å²) in [5.41, 5.74) is -0.272. The Kier molecular flexibility index (Phi) is 8.50. The number of fused-ring (bicyclic) bond motifs is 5. The van der Waals surface area contributed by atoms with Gasteiger partial charge in [-0.15, -0.1) is 0 Å². The van der Waals surface area contributed by atoms with Gasteiger partial charge in [0.05, 0.1) is 30.7 Å². The molecule has 0 spiro atoms. The quantitative estimate of drug-likeness (QED) is 0.517. The summed E-state index contributed by atoms with van der Waals surface area (Å²) in [4.78, 5) is 50.1. The smallest absolute Gasteiger partial charge is 0.408 e. The van der Waals surface area contributed by atoms with E-state index in [2.05, 4.69) is 15.3 Å². The van der Waals surface area contributed by atoms with Gasteiger partial charge in [0.25, 0.3) is 0 Å². The van der Waals surface area contributed by atoms with E-state index in [-0.39, 0.29) is 42.3 Å². The lowest BCUT2D eigenvalue weighted by Crippen LogP contribution is -2.57. The van der Waals surface area contributed by atoms with Crippen molar-refractivity contribution in [3.8, 4) is 11.6 Å². The van der Waals surface area contributed by atoms with Gasteiger partial charge < -0.3 is 24.4 Å². The number of methoxy groups -OCH3 is 1. The number of rotatable bonds is 2. The maximum absolute atomic E-state index is 15.8. The van der Waals surface area contributed by atoms with E-state index in [0.717, 1.165) is 0 Å². The first-order chi connectivity index (χ1) is 20.3. The molecule has 2 amide bonds. The zero-order chi connectivity index (χ0) is 31.2. The number of nitrogens with zero attached hydrogens (tertiary/aromatic N) is 3. The van der Waals surface area contributed by atoms with E-state index in [1.54, 1.807) is 25.1 Å². The van der Waals surface area contributed by atoms with E-state index in [1.807, 2.05) is 20.8 Å². The number of hydrogen-bond donors (Lipinski definition) is 1. The van der Waals surface area contributed by atoms with Crippen LogP contribution in [0.25, 0.3) is 11.0 Å². The Hall–Kier alpha value is -3.57. The number of alkyl carbamates (subject to hydrolysis) is 1. The number of aromatic nitrogens is 2. The van der Waals surface area contributed by atoms with Crippen LogP contribution < -0.4 is 14.8 Å². The van der Waals surface area contributed by atoms with E-state index in [0.29, 0.717) is 36.0 Å². The summed E-state index contributed by atoms with van der Waals surface area (Å²) in [6.07, 6.45) is -4.34. The lowest BCUT2D eigenvalue weighted by molar-refractivity contribution is -0.141. The van der Waals surface area contributed by atoms with Crippen LogP contribution in [0.4, 0.5) is 13.6 Å². The van der Waals surface area contributed by atoms with Crippen molar-refractivity contribution in [3.63, 3.8) is 0 Å². The highest BCUT2D eigenvalue weighted by molar-refractivity contribution is 5.92. The number of Topliss-reactive ketones (excluding diaryl/α,β-unsaturated/α-hetero) is 1. The van der Waals surface area contributed by atoms with Gasteiger partial charge in [-0.05, 0) is 49.7 Å². The fraction of sp³-hybridized carbons (Fsp3) is 0.645. The van der Waals surface area contributed by atoms with Gasteiger partial charge in [0.1, 0.15) is 35.9 Å². The van der Waals surface area contributed by atoms with Gasteiger partial charge in [-0.3, -0.25) is 9.59 Å². The van der Waals surface area contributed by atoms with Gasteiger partial charge in [0.2, 0.25) is 11.8 Å². The number of halogens is 2. The molecule has 8 atom stereocenters. The van der Waals surface area contributed by atoms with E-state index in [9.17, 15) is 14.4 Å². The summed E-state index contributed by atoms with van der Waals surface area (Å²) < 4.78 is 48.3. The van der Waals surface area contributed by atoms with Gasteiger partial charge >= 0.3 is 6.09 Å². The third-order valence-corrected chi connectivity index (χ3v) is 8.75. The summed E-state index contributed by atoms with van der Waals surface area (Å²) in [5, 5.41) is 2.74.